The third kappa shape index (κ3) is 17.1. The summed E-state index contributed by atoms with van der Waals surface area (Å²) in [5.41, 5.74) is -0.519. The van der Waals surface area contributed by atoms with Crippen LogP contribution in [-0.2, 0) is 9.84 Å². The Morgan fingerprint density at radius 3 is 1.40 bits per heavy atom. The third-order valence-corrected chi connectivity index (χ3v) is 6.98. The molecule has 0 aliphatic rings. The molecule has 0 amide bonds. The van der Waals surface area contributed by atoms with E-state index in [2.05, 4.69) is 6.92 Å². The number of aliphatic hydroxyl groups excluding tert-OH is 1. The van der Waals surface area contributed by atoms with Gasteiger partial charge in [0.1, 0.15) is 0 Å². The summed E-state index contributed by atoms with van der Waals surface area (Å²) in [5.74, 6) is 0.364. The van der Waals surface area contributed by atoms with Gasteiger partial charge in [-0.1, -0.05) is 104 Å². The van der Waals surface area contributed by atoms with E-state index < -0.39 is 15.3 Å². The Labute approximate surface area is 157 Å². The molecular weight excluding hydrogens is 332 g/mol. The van der Waals surface area contributed by atoms with Crippen LogP contribution >= 0.6 is 0 Å². The van der Waals surface area contributed by atoms with Gasteiger partial charge in [0, 0.05) is 12.0 Å². The van der Waals surface area contributed by atoms with Gasteiger partial charge in [-0.3, -0.25) is 0 Å². The van der Waals surface area contributed by atoms with E-state index in [4.69, 9.17) is 0 Å². The normalized spacial score (nSPS) is 12.6. The average molecular weight is 377 g/mol. The highest BCUT2D eigenvalue weighted by molar-refractivity contribution is 7.91. The SMILES string of the molecule is CCCCCCCCCCCCCCCCS(=O)(=O)CC(C)(C)CO. The smallest absolute Gasteiger partial charge is 0.150 e. The number of aliphatic hydroxyl groups is 1. The summed E-state index contributed by atoms with van der Waals surface area (Å²) in [6, 6.07) is 0. The van der Waals surface area contributed by atoms with Crippen molar-refractivity contribution >= 4 is 9.84 Å². The molecule has 0 bridgehead atoms. The topological polar surface area (TPSA) is 54.4 Å². The highest BCUT2D eigenvalue weighted by Crippen LogP contribution is 2.18. The maximum atomic E-state index is 12.0. The van der Waals surface area contributed by atoms with Crippen LogP contribution in [0.2, 0.25) is 0 Å². The fraction of sp³-hybridized carbons (Fsp3) is 1.00. The molecule has 0 heterocycles. The highest BCUT2D eigenvalue weighted by atomic mass is 32.2. The molecule has 0 unspecified atom stereocenters. The van der Waals surface area contributed by atoms with Gasteiger partial charge in [-0.25, -0.2) is 8.42 Å². The van der Waals surface area contributed by atoms with Gasteiger partial charge in [-0.05, 0) is 6.42 Å². The second-order valence-electron chi connectivity index (χ2n) is 8.51. The van der Waals surface area contributed by atoms with Crippen LogP contribution in [0.1, 0.15) is 111 Å². The minimum atomic E-state index is -3.03. The number of sulfone groups is 1. The molecule has 0 aromatic heterocycles. The zero-order valence-corrected chi connectivity index (χ0v) is 18.0. The van der Waals surface area contributed by atoms with Crippen LogP contribution in [0.3, 0.4) is 0 Å². The first-order valence-electron chi connectivity index (χ1n) is 10.6. The van der Waals surface area contributed by atoms with Gasteiger partial charge >= 0.3 is 0 Å². The first-order chi connectivity index (χ1) is 11.8. The summed E-state index contributed by atoms with van der Waals surface area (Å²) in [6.07, 6.45) is 17.9. The van der Waals surface area contributed by atoms with Crippen LogP contribution < -0.4 is 0 Å². The van der Waals surface area contributed by atoms with Crippen molar-refractivity contribution in [2.75, 3.05) is 18.1 Å². The number of hydrogen-bond donors (Lipinski definition) is 1. The lowest BCUT2D eigenvalue weighted by Gasteiger charge is -2.21. The molecule has 0 rings (SSSR count). The zero-order chi connectivity index (χ0) is 19.0. The van der Waals surface area contributed by atoms with Crippen molar-refractivity contribution in [1.29, 1.82) is 0 Å². The summed E-state index contributed by atoms with van der Waals surface area (Å²) < 4.78 is 24.0. The molecule has 1 N–H and O–H groups in total. The van der Waals surface area contributed by atoms with Crippen molar-refractivity contribution in [1.82, 2.24) is 0 Å². The van der Waals surface area contributed by atoms with Crippen molar-refractivity contribution in [2.24, 2.45) is 5.41 Å². The van der Waals surface area contributed by atoms with E-state index in [1.807, 2.05) is 0 Å². The Morgan fingerprint density at radius 1 is 0.680 bits per heavy atom. The molecule has 0 radical (unpaired) electrons. The quantitative estimate of drug-likeness (QED) is 0.303. The van der Waals surface area contributed by atoms with Crippen LogP contribution in [0, 0.1) is 5.41 Å². The second-order valence-corrected chi connectivity index (χ2v) is 10.7. The highest BCUT2D eigenvalue weighted by Gasteiger charge is 2.24. The molecule has 0 fully saturated rings. The van der Waals surface area contributed by atoms with Gasteiger partial charge in [0.25, 0.3) is 0 Å². The number of hydrogen-bond acceptors (Lipinski definition) is 3. The molecule has 0 aromatic carbocycles. The molecule has 0 saturated heterocycles. The molecule has 152 valence electrons. The fourth-order valence-electron chi connectivity index (χ4n) is 3.23. The van der Waals surface area contributed by atoms with Crippen molar-refractivity contribution in [3.05, 3.63) is 0 Å². The molecule has 25 heavy (non-hydrogen) atoms. The largest absolute Gasteiger partial charge is 0.396 e. The van der Waals surface area contributed by atoms with Gasteiger partial charge < -0.3 is 5.11 Å². The van der Waals surface area contributed by atoms with Crippen LogP contribution in [0.5, 0.6) is 0 Å². The van der Waals surface area contributed by atoms with E-state index in [0.717, 1.165) is 19.3 Å². The molecule has 0 aliphatic heterocycles. The predicted molar refractivity (Wildman–Crippen MR) is 110 cm³/mol. The van der Waals surface area contributed by atoms with Crippen molar-refractivity contribution in [3.63, 3.8) is 0 Å². The first-order valence-corrected chi connectivity index (χ1v) is 12.5. The van der Waals surface area contributed by atoms with Crippen LogP contribution in [0.4, 0.5) is 0 Å². The van der Waals surface area contributed by atoms with Crippen LogP contribution in [0.15, 0.2) is 0 Å². The fourth-order valence-corrected chi connectivity index (χ4v) is 5.30. The van der Waals surface area contributed by atoms with E-state index >= 15 is 0 Å². The number of rotatable bonds is 18. The number of unbranched alkanes of at least 4 members (excludes halogenated alkanes) is 13. The van der Waals surface area contributed by atoms with E-state index in [-0.39, 0.29) is 18.1 Å². The van der Waals surface area contributed by atoms with Crippen LogP contribution in [-0.4, -0.2) is 31.6 Å². The Bertz CT molecular complexity index is 388. The Hall–Kier alpha value is -0.0900. The average Bonchev–Trinajstić information content (AvgIpc) is 2.54. The maximum Gasteiger partial charge on any atom is 0.150 e. The lowest BCUT2D eigenvalue weighted by atomic mass is 9.98. The molecule has 0 aliphatic carbocycles. The molecular formula is C21H44O3S. The van der Waals surface area contributed by atoms with E-state index in [1.165, 1.54) is 70.6 Å². The van der Waals surface area contributed by atoms with Gasteiger partial charge in [0.15, 0.2) is 9.84 Å². The predicted octanol–water partition coefficient (Wildman–Crippen LogP) is 5.90. The molecule has 3 nitrogen and oxygen atoms in total. The molecule has 0 aromatic rings. The minimum Gasteiger partial charge on any atom is -0.396 e. The third-order valence-electron chi connectivity index (χ3n) is 4.85. The van der Waals surface area contributed by atoms with Gasteiger partial charge in [0.05, 0.1) is 11.5 Å². The van der Waals surface area contributed by atoms with Gasteiger partial charge in [0.2, 0.25) is 0 Å². The summed E-state index contributed by atoms with van der Waals surface area (Å²) in [7, 11) is -3.03. The van der Waals surface area contributed by atoms with Gasteiger partial charge in [-0.15, -0.1) is 0 Å². The van der Waals surface area contributed by atoms with Crippen molar-refractivity contribution in [2.45, 2.75) is 111 Å². The van der Waals surface area contributed by atoms with Crippen LogP contribution in [0.25, 0.3) is 0 Å². The van der Waals surface area contributed by atoms with E-state index in [1.54, 1.807) is 13.8 Å². The molecule has 0 saturated carbocycles. The Kier molecular flexibility index (Phi) is 15.0. The van der Waals surface area contributed by atoms with Gasteiger partial charge in [-0.2, -0.15) is 0 Å². The molecule has 0 spiro atoms. The molecule has 4 heteroatoms. The van der Waals surface area contributed by atoms with E-state index in [0.29, 0.717) is 0 Å². The Balaban J connectivity index is 3.39. The monoisotopic (exact) mass is 376 g/mol. The standard InChI is InChI=1S/C21H44O3S/c1-4-5-6-7-8-9-10-11-12-13-14-15-16-17-18-25(23,24)20-21(2,3)19-22/h22H,4-20H2,1-3H3. The lowest BCUT2D eigenvalue weighted by Crippen LogP contribution is -2.29. The summed E-state index contributed by atoms with van der Waals surface area (Å²) in [6.45, 7) is 5.79. The zero-order valence-electron chi connectivity index (χ0n) is 17.2. The van der Waals surface area contributed by atoms with Crippen molar-refractivity contribution in [3.8, 4) is 0 Å². The van der Waals surface area contributed by atoms with E-state index in [9.17, 15) is 13.5 Å². The Morgan fingerprint density at radius 2 is 1.04 bits per heavy atom. The lowest BCUT2D eigenvalue weighted by molar-refractivity contribution is 0.179. The molecule has 0 atom stereocenters. The summed E-state index contributed by atoms with van der Waals surface area (Å²) in [4.78, 5) is 0. The maximum absolute atomic E-state index is 12.0. The first kappa shape index (κ1) is 24.9. The van der Waals surface area contributed by atoms with Crippen molar-refractivity contribution < 1.29 is 13.5 Å². The second kappa shape index (κ2) is 15.0. The minimum absolute atomic E-state index is 0.0784. The summed E-state index contributed by atoms with van der Waals surface area (Å²) >= 11 is 0. The summed E-state index contributed by atoms with van der Waals surface area (Å²) in [5, 5.41) is 9.19.